The summed E-state index contributed by atoms with van der Waals surface area (Å²) in [5.41, 5.74) is 1.09. The van der Waals surface area contributed by atoms with E-state index in [-0.39, 0.29) is 23.5 Å². The van der Waals surface area contributed by atoms with Gasteiger partial charge in [-0.15, -0.1) is 0 Å². The minimum Gasteiger partial charge on any atom is -0.312 e. The number of nitrogens with zero attached hydrogens (tertiary/aromatic N) is 1. The quantitative estimate of drug-likeness (QED) is 0.505. The van der Waals surface area contributed by atoms with Gasteiger partial charge in [-0.05, 0) is 11.6 Å². The third-order valence-electron chi connectivity index (χ3n) is 3.37. The first-order valence-corrected chi connectivity index (χ1v) is 10.1. The maximum atomic E-state index is 14.2. The third kappa shape index (κ3) is 5.84. The van der Waals surface area contributed by atoms with E-state index >= 15 is 0 Å². The SMILES string of the molecule is CC(C)C(=O)CSSCc1cccc(F)c1N(C)C(=O)C(C)C. The van der Waals surface area contributed by atoms with Gasteiger partial charge in [-0.1, -0.05) is 61.4 Å². The molecule has 0 aromatic heterocycles. The highest BCUT2D eigenvalue weighted by Crippen LogP contribution is 2.33. The van der Waals surface area contributed by atoms with Gasteiger partial charge in [-0.25, -0.2) is 4.39 Å². The van der Waals surface area contributed by atoms with Gasteiger partial charge in [0.15, 0.2) is 0 Å². The van der Waals surface area contributed by atoms with E-state index in [0.29, 0.717) is 17.2 Å². The molecule has 0 aliphatic heterocycles. The summed E-state index contributed by atoms with van der Waals surface area (Å²) in [6, 6.07) is 4.83. The molecular formula is C17H24FNO2S2. The summed E-state index contributed by atoms with van der Waals surface area (Å²) >= 11 is 0. The molecule has 0 N–H and O–H groups in total. The van der Waals surface area contributed by atoms with Crippen LogP contribution in [0.5, 0.6) is 0 Å². The van der Waals surface area contributed by atoms with Crippen molar-refractivity contribution in [2.24, 2.45) is 11.8 Å². The number of halogens is 1. The van der Waals surface area contributed by atoms with Gasteiger partial charge < -0.3 is 4.90 Å². The summed E-state index contributed by atoms with van der Waals surface area (Å²) in [4.78, 5) is 25.1. The first kappa shape index (κ1) is 20.0. The second kappa shape index (κ2) is 9.33. The van der Waals surface area contributed by atoms with Gasteiger partial charge in [0.25, 0.3) is 0 Å². The van der Waals surface area contributed by atoms with Crippen molar-refractivity contribution in [3.05, 3.63) is 29.6 Å². The molecule has 0 saturated heterocycles. The molecule has 1 aromatic rings. The Bertz CT molecular complexity index is 562. The molecule has 0 atom stereocenters. The Morgan fingerprint density at radius 1 is 1.13 bits per heavy atom. The van der Waals surface area contributed by atoms with Crippen molar-refractivity contribution >= 4 is 39.0 Å². The lowest BCUT2D eigenvalue weighted by Crippen LogP contribution is -2.31. The van der Waals surface area contributed by atoms with Gasteiger partial charge >= 0.3 is 0 Å². The fourth-order valence-corrected chi connectivity index (χ4v) is 4.13. The number of benzene rings is 1. The molecule has 0 spiro atoms. The van der Waals surface area contributed by atoms with E-state index in [2.05, 4.69) is 0 Å². The van der Waals surface area contributed by atoms with Crippen LogP contribution in [-0.2, 0) is 15.3 Å². The van der Waals surface area contributed by atoms with Crippen molar-refractivity contribution in [1.82, 2.24) is 0 Å². The van der Waals surface area contributed by atoms with Crippen LogP contribution in [0.1, 0.15) is 33.3 Å². The number of carbonyl (C=O) groups excluding carboxylic acids is 2. The van der Waals surface area contributed by atoms with Crippen molar-refractivity contribution < 1.29 is 14.0 Å². The molecule has 0 saturated carbocycles. The van der Waals surface area contributed by atoms with Crippen LogP contribution in [0.25, 0.3) is 0 Å². The number of para-hydroxylation sites is 1. The van der Waals surface area contributed by atoms with Gasteiger partial charge in [-0.3, -0.25) is 9.59 Å². The van der Waals surface area contributed by atoms with E-state index in [4.69, 9.17) is 0 Å². The van der Waals surface area contributed by atoms with Gasteiger partial charge in [-0.2, -0.15) is 0 Å². The largest absolute Gasteiger partial charge is 0.312 e. The molecule has 0 aliphatic carbocycles. The summed E-state index contributed by atoms with van der Waals surface area (Å²) in [6.07, 6.45) is 0. The zero-order valence-corrected chi connectivity index (χ0v) is 15.9. The third-order valence-corrected chi connectivity index (χ3v) is 5.58. The predicted octanol–water partition coefficient (Wildman–Crippen LogP) is 4.55. The van der Waals surface area contributed by atoms with Gasteiger partial charge in [0, 0.05) is 24.6 Å². The van der Waals surface area contributed by atoms with Crippen LogP contribution >= 0.6 is 21.6 Å². The monoisotopic (exact) mass is 357 g/mol. The number of hydrogen-bond donors (Lipinski definition) is 0. The standard InChI is InChI=1S/C17H24FNO2S2/c1-11(2)15(20)10-23-22-9-13-7-6-8-14(18)16(13)19(5)17(21)12(3)4/h6-8,11-12H,9-10H2,1-5H3. The number of amides is 1. The molecule has 1 aromatic carbocycles. The Kier molecular flexibility index (Phi) is 8.12. The van der Waals surface area contributed by atoms with Crippen LogP contribution in [-0.4, -0.2) is 24.5 Å². The first-order valence-electron chi connectivity index (χ1n) is 7.57. The van der Waals surface area contributed by atoms with Crippen LogP contribution in [0.2, 0.25) is 0 Å². The zero-order valence-electron chi connectivity index (χ0n) is 14.3. The number of ketones is 1. The normalized spacial score (nSPS) is 11.1. The highest BCUT2D eigenvalue weighted by molar-refractivity contribution is 8.76. The molecule has 0 unspecified atom stereocenters. The molecule has 6 heteroatoms. The number of anilines is 1. The summed E-state index contributed by atoms with van der Waals surface area (Å²) < 4.78 is 14.2. The average Bonchev–Trinajstić information content (AvgIpc) is 2.49. The fourth-order valence-electron chi connectivity index (χ4n) is 1.92. The molecule has 3 nitrogen and oxygen atoms in total. The summed E-state index contributed by atoms with van der Waals surface area (Å²) in [5.74, 6) is 0.494. The molecule has 23 heavy (non-hydrogen) atoms. The van der Waals surface area contributed by atoms with Crippen LogP contribution in [0.4, 0.5) is 10.1 Å². The van der Waals surface area contributed by atoms with E-state index < -0.39 is 5.82 Å². The number of hydrogen-bond acceptors (Lipinski definition) is 4. The molecule has 0 aliphatic rings. The lowest BCUT2D eigenvalue weighted by atomic mass is 10.1. The smallest absolute Gasteiger partial charge is 0.229 e. The second-order valence-electron chi connectivity index (χ2n) is 5.94. The van der Waals surface area contributed by atoms with Gasteiger partial charge in [0.1, 0.15) is 11.6 Å². The Hall–Kier alpha value is -1.01. The maximum absolute atomic E-state index is 14.2. The summed E-state index contributed by atoms with van der Waals surface area (Å²) in [5, 5.41) is 0. The Labute approximate surface area is 145 Å². The Balaban J connectivity index is 2.78. The van der Waals surface area contributed by atoms with E-state index in [1.165, 1.54) is 32.6 Å². The van der Waals surface area contributed by atoms with E-state index in [9.17, 15) is 14.0 Å². The second-order valence-corrected chi connectivity index (χ2v) is 8.41. The molecule has 0 fully saturated rings. The fraction of sp³-hybridized carbons (Fsp3) is 0.529. The van der Waals surface area contributed by atoms with E-state index in [0.717, 1.165) is 5.56 Å². The van der Waals surface area contributed by atoms with Crippen molar-refractivity contribution in [2.45, 2.75) is 33.4 Å². The highest BCUT2D eigenvalue weighted by Gasteiger charge is 2.20. The van der Waals surface area contributed by atoms with Crippen molar-refractivity contribution in [2.75, 3.05) is 17.7 Å². The average molecular weight is 358 g/mol. The molecule has 0 heterocycles. The minimum absolute atomic E-state index is 0.0302. The molecule has 0 bridgehead atoms. The van der Waals surface area contributed by atoms with E-state index in [1.807, 2.05) is 19.9 Å². The molecule has 128 valence electrons. The number of rotatable bonds is 8. The number of Topliss-reactive ketones (excluding diaryl/α,β-unsaturated/α-hetero) is 1. The lowest BCUT2D eigenvalue weighted by molar-refractivity contribution is -0.121. The topological polar surface area (TPSA) is 37.4 Å². The molecule has 1 amide bonds. The maximum Gasteiger partial charge on any atom is 0.229 e. The van der Waals surface area contributed by atoms with Gasteiger partial charge in [0.2, 0.25) is 5.91 Å². The number of carbonyl (C=O) groups is 2. The highest BCUT2D eigenvalue weighted by atomic mass is 33.1. The lowest BCUT2D eigenvalue weighted by Gasteiger charge is -2.23. The van der Waals surface area contributed by atoms with Crippen LogP contribution in [0.15, 0.2) is 18.2 Å². The zero-order chi connectivity index (χ0) is 17.6. The first-order chi connectivity index (χ1) is 10.8. The molecule has 0 radical (unpaired) electrons. The molecular weight excluding hydrogens is 333 g/mol. The van der Waals surface area contributed by atoms with E-state index in [1.54, 1.807) is 27.0 Å². The van der Waals surface area contributed by atoms with Crippen molar-refractivity contribution in [1.29, 1.82) is 0 Å². The van der Waals surface area contributed by atoms with Crippen LogP contribution < -0.4 is 4.90 Å². The van der Waals surface area contributed by atoms with Crippen molar-refractivity contribution in [3.8, 4) is 0 Å². The molecule has 1 rings (SSSR count). The summed E-state index contributed by atoms with van der Waals surface area (Å²) in [7, 11) is 4.57. The van der Waals surface area contributed by atoms with Crippen LogP contribution in [0.3, 0.4) is 0 Å². The van der Waals surface area contributed by atoms with Gasteiger partial charge in [0.05, 0.1) is 11.4 Å². The predicted molar refractivity (Wildman–Crippen MR) is 98.2 cm³/mol. The Morgan fingerprint density at radius 2 is 1.78 bits per heavy atom. The van der Waals surface area contributed by atoms with Crippen molar-refractivity contribution in [3.63, 3.8) is 0 Å². The Morgan fingerprint density at radius 3 is 2.35 bits per heavy atom. The minimum atomic E-state index is -0.400. The van der Waals surface area contributed by atoms with Crippen LogP contribution in [0, 0.1) is 17.7 Å². The summed E-state index contributed by atoms with van der Waals surface area (Å²) in [6.45, 7) is 7.35.